The Balaban J connectivity index is 2.64. The molecule has 1 aromatic carbocycles. The Bertz CT molecular complexity index is 602. The van der Waals surface area contributed by atoms with Crippen molar-refractivity contribution in [3.8, 4) is 11.3 Å². The highest BCUT2D eigenvalue weighted by Gasteiger charge is 2.35. The highest BCUT2D eigenvalue weighted by atomic mass is 19.4. The maximum absolute atomic E-state index is 14.0. The summed E-state index contributed by atoms with van der Waals surface area (Å²) in [5.41, 5.74) is 4.77. The first-order valence-corrected chi connectivity index (χ1v) is 5.55. The van der Waals surface area contributed by atoms with Crippen molar-refractivity contribution in [1.82, 2.24) is 10.2 Å². The van der Waals surface area contributed by atoms with Crippen LogP contribution < -0.4 is 5.73 Å². The van der Waals surface area contributed by atoms with Gasteiger partial charge in [-0.15, -0.1) is 0 Å². The smallest absolute Gasteiger partial charge is 0.382 e. The third-order valence-corrected chi connectivity index (χ3v) is 2.83. The van der Waals surface area contributed by atoms with E-state index in [0.29, 0.717) is 18.1 Å². The second-order valence-electron chi connectivity index (χ2n) is 3.98. The Morgan fingerprint density at radius 2 is 2.00 bits per heavy atom. The maximum Gasteiger partial charge on any atom is 0.419 e. The van der Waals surface area contributed by atoms with E-state index in [1.165, 1.54) is 6.07 Å². The van der Waals surface area contributed by atoms with Gasteiger partial charge < -0.3 is 5.73 Å². The van der Waals surface area contributed by atoms with E-state index in [4.69, 9.17) is 5.73 Å². The molecule has 1 heterocycles. The molecule has 2 aromatic rings. The van der Waals surface area contributed by atoms with Crippen LogP contribution in [0.2, 0.25) is 0 Å². The average molecular weight is 273 g/mol. The predicted molar refractivity (Wildman–Crippen MR) is 62.8 cm³/mol. The van der Waals surface area contributed by atoms with E-state index < -0.39 is 17.6 Å². The van der Waals surface area contributed by atoms with Crippen LogP contribution in [0.25, 0.3) is 11.3 Å². The van der Waals surface area contributed by atoms with Crippen LogP contribution in [0.3, 0.4) is 0 Å². The fraction of sp³-hybridized carbons (Fsp3) is 0.250. The Kier molecular flexibility index (Phi) is 3.21. The molecule has 0 spiro atoms. The van der Waals surface area contributed by atoms with Crippen LogP contribution in [0.4, 0.5) is 23.4 Å². The predicted octanol–water partition coefficient (Wildman–Crippen LogP) is 3.38. The molecule has 3 nitrogen and oxygen atoms in total. The van der Waals surface area contributed by atoms with Crippen LogP contribution in [-0.4, -0.2) is 10.2 Å². The van der Waals surface area contributed by atoms with E-state index in [0.717, 1.165) is 6.07 Å². The molecule has 0 aliphatic rings. The van der Waals surface area contributed by atoms with E-state index >= 15 is 0 Å². The molecule has 0 atom stereocenters. The number of aromatic amines is 1. The fourth-order valence-electron chi connectivity index (χ4n) is 1.90. The Morgan fingerprint density at radius 1 is 1.32 bits per heavy atom. The van der Waals surface area contributed by atoms with Crippen molar-refractivity contribution in [2.45, 2.75) is 19.5 Å². The molecule has 0 aliphatic heterocycles. The van der Waals surface area contributed by atoms with Gasteiger partial charge in [0.25, 0.3) is 0 Å². The molecule has 102 valence electrons. The number of nitrogen functional groups attached to an aromatic ring is 1. The van der Waals surface area contributed by atoms with Gasteiger partial charge in [-0.25, -0.2) is 4.39 Å². The Morgan fingerprint density at radius 3 is 2.58 bits per heavy atom. The lowest BCUT2D eigenvalue weighted by Crippen LogP contribution is -2.09. The summed E-state index contributed by atoms with van der Waals surface area (Å²) in [4.78, 5) is 0. The third kappa shape index (κ3) is 2.27. The number of nitrogens with two attached hydrogens (primary N) is 1. The van der Waals surface area contributed by atoms with Gasteiger partial charge in [0.15, 0.2) is 0 Å². The molecule has 0 unspecified atom stereocenters. The number of hydrogen-bond acceptors (Lipinski definition) is 2. The topological polar surface area (TPSA) is 54.7 Å². The number of benzene rings is 1. The van der Waals surface area contributed by atoms with Gasteiger partial charge in [-0.2, -0.15) is 18.3 Å². The quantitative estimate of drug-likeness (QED) is 0.824. The fourth-order valence-corrected chi connectivity index (χ4v) is 1.90. The van der Waals surface area contributed by atoms with Gasteiger partial charge >= 0.3 is 6.18 Å². The van der Waals surface area contributed by atoms with E-state index in [9.17, 15) is 17.6 Å². The molecule has 0 bridgehead atoms. The summed E-state index contributed by atoms with van der Waals surface area (Å²) in [6.45, 7) is 1.76. The van der Waals surface area contributed by atoms with Crippen molar-refractivity contribution in [3.05, 3.63) is 35.1 Å². The van der Waals surface area contributed by atoms with Gasteiger partial charge in [0.05, 0.1) is 11.3 Å². The molecular formula is C12H11F4N3. The van der Waals surface area contributed by atoms with Gasteiger partial charge in [0, 0.05) is 11.1 Å². The molecule has 3 N–H and O–H groups in total. The Hall–Kier alpha value is -2.05. The first-order valence-electron chi connectivity index (χ1n) is 5.55. The zero-order valence-electron chi connectivity index (χ0n) is 9.98. The SMILES string of the molecule is CCc1c(N)n[nH]c1-c1cccc(C(F)(F)F)c1F. The van der Waals surface area contributed by atoms with Crippen molar-refractivity contribution in [2.24, 2.45) is 0 Å². The Labute approximate surface area is 106 Å². The molecular weight excluding hydrogens is 262 g/mol. The van der Waals surface area contributed by atoms with Crippen LogP contribution in [0.5, 0.6) is 0 Å². The van der Waals surface area contributed by atoms with Crippen molar-refractivity contribution in [1.29, 1.82) is 0 Å². The summed E-state index contributed by atoms with van der Waals surface area (Å²) in [6.07, 6.45) is -4.30. The number of alkyl halides is 3. The zero-order chi connectivity index (χ0) is 14.2. The molecule has 0 aliphatic carbocycles. The number of hydrogen-bond donors (Lipinski definition) is 2. The van der Waals surface area contributed by atoms with Gasteiger partial charge in [-0.05, 0) is 18.6 Å². The van der Waals surface area contributed by atoms with Crippen molar-refractivity contribution in [3.63, 3.8) is 0 Å². The van der Waals surface area contributed by atoms with E-state index in [1.54, 1.807) is 6.92 Å². The lowest BCUT2D eigenvalue weighted by molar-refractivity contribution is -0.139. The van der Waals surface area contributed by atoms with Crippen LogP contribution in [0.15, 0.2) is 18.2 Å². The highest BCUT2D eigenvalue weighted by molar-refractivity contribution is 5.69. The van der Waals surface area contributed by atoms with Crippen molar-refractivity contribution < 1.29 is 17.6 Å². The summed E-state index contributed by atoms with van der Waals surface area (Å²) in [5, 5.41) is 6.18. The van der Waals surface area contributed by atoms with Gasteiger partial charge in [-0.1, -0.05) is 13.0 Å². The van der Waals surface area contributed by atoms with E-state index in [2.05, 4.69) is 10.2 Å². The first-order chi connectivity index (χ1) is 8.86. The lowest BCUT2D eigenvalue weighted by Gasteiger charge is -2.11. The molecule has 0 saturated heterocycles. The molecule has 1 aromatic heterocycles. The van der Waals surface area contributed by atoms with Crippen LogP contribution >= 0.6 is 0 Å². The first kappa shape index (κ1) is 13.4. The summed E-state index contributed by atoms with van der Waals surface area (Å²) in [6, 6.07) is 3.11. The highest BCUT2D eigenvalue weighted by Crippen LogP contribution is 2.36. The number of H-pyrrole nitrogens is 1. The summed E-state index contributed by atoms with van der Waals surface area (Å²) >= 11 is 0. The summed E-state index contributed by atoms with van der Waals surface area (Å²) in [7, 11) is 0. The third-order valence-electron chi connectivity index (χ3n) is 2.83. The van der Waals surface area contributed by atoms with E-state index in [-0.39, 0.29) is 17.1 Å². The molecule has 0 radical (unpaired) electrons. The zero-order valence-corrected chi connectivity index (χ0v) is 9.98. The normalized spacial score (nSPS) is 11.8. The number of rotatable bonds is 2. The number of halogens is 4. The number of anilines is 1. The van der Waals surface area contributed by atoms with Crippen LogP contribution in [0, 0.1) is 5.82 Å². The van der Waals surface area contributed by atoms with Crippen molar-refractivity contribution >= 4 is 5.82 Å². The monoisotopic (exact) mass is 273 g/mol. The minimum atomic E-state index is -4.74. The maximum atomic E-state index is 14.0. The second kappa shape index (κ2) is 4.56. The molecule has 19 heavy (non-hydrogen) atoms. The summed E-state index contributed by atoms with van der Waals surface area (Å²) in [5.74, 6) is -1.16. The molecule has 0 amide bonds. The standard InChI is InChI=1S/C12H11F4N3/c1-2-6-10(18-19-11(6)17)7-4-3-5-8(9(7)13)12(14,15)16/h3-5H,2H2,1H3,(H3,17,18,19). The lowest BCUT2D eigenvalue weighted by atomic mass is 10.0. The minimum Gasteiger partial charge on any atom is -0.382 e. The number of nitrogens with zero attached hydrogens (tertiary/aromatic N) is 1. The largest absolute Gasteiger partial charge is 0.419 e. The second-order valence-corrected chi connectivity index (χ2v) is 3.98. The number of nitrogens with one attached hydrogen (secondary N) is 1. The number of aromatic nitrogens is 2. The van der Waals surface area contributed by atoms with Gasteiger partial charge in [0.1, 0.15) is 11.6 Å². The van der Waals surface area contributed by atoms with Gasteiger partial charge in [-0.3, -0.25) is 5.10 Å². The van der Waals surface area contributed by atoms with E-state index in [1.807, 2.05) is 0 Å². The summed E-state index contributed by atoms with van der Waals surface area (Å²) < 4.78 is 51.9. The van der Waals surface area contributed by atoms with Crippen molar-refractivity contribution in [2.75, 3.05) is 5.73 Å². The molecule has 7 heteroatoms. The average Bonchev–Trinajstić information content (AvgIpc) is 2.69. The molecule has 0 saturated carbocycles. The molecule has 0 fully saturated rings. The molecule has 2 rings (SSSR count). The minimum absolute atomic E-state index is 0.161. The van der Waals surface area contributed by atoms with Gasteiger partial charge in [0.2, 0.25) is 0 Å². The van der Waals surface area contributed by atoms with Crippen LogP contribution in [0.1, 0.15) is 18.1 Å². The van der Waals surface area contributed by atoms with Crippen LogP contribution in [-0.2, 0) is 12.6 Å².